The molecule has 108 valence electrons. The third-order valence-corrected chi connectivity index (χ3v) is 4.02. The van der Waals surface area contributed by atoms with Crippen LogP contribution in [0.25, 0.3) is 0 Å². The average molecular weight is 284 g/mol. The van der Waals surface area contributed by atoms with Crippen LogP contribution < -0.4 is 5.32 Å². The SMILES string of the molecule is C=CCSCCN1CCC(=O)NC(C(C)(C)C)C1=O. The zero-order valence-corrected chi connectivity index (χ0v) is 12.9. The van der Waals surface area contributed by atoms with Crippen LogP contribution in [0.5, 0.6) is 0 Å². The van der Waals surface area contributed by atoms with E-state index in [1.54, 1.807) is 11.8 Å². The van der Waals surface area contributed by atoms with Gasteiger partial charge in [-0.25, -0.2) is 0 Å². The van der Waals surface area contributed by atoms with Gasteiger partial charge in [0.15, 0.2) is 0 Å². The predicted molar refractivity (Wildman–Crippen MR) is 80.1 cm³/mol. The first-order chi connectivity index (χ1) is 8.86. The lowest BCUT2D eigenvalue weighted by molar-refractivity contribution is -0.136. The zero-order chi connectivity index (χ0) is 14.5. The first kappa shape index (κ1) is 16.1. The van der Waals surface area contributed by atoms with E-state index in [4.69, 9.17) is 0 Å². The average Bonchev–Trinajstić information content (AvgIpc) is 2.46. The van der Waals surface area contributed by atoms with Gasteiger partial charge in [0.1, 0.15) is 6.04 Å². The van der Waals surface area contributed by atoms with E-state index >= 15 is 0 Å². The van der Waals surface area contributed by atoms with Crippen molar-refractivity contribution in [1.82, 2.24) is 10.2 Å². The van der Waals surface area contributed by atoms with Gasteiger partial charge in [0.05, 0.1) is 0 Å². The molecule has 1 heterocycles. The lowest BCUT2D eigenvalue weighted by atomic mass is 9.86. The zero-order valence-electron chi connectivity index (χ0n) is 12.1. The Kier molecular flexibility index (Phi) is 5.91. The lowest BCUT2D eigenvalue weighted by Crippen LogP contribution is -2.52. The highest BCUT2D eigenvalue weighted by Gasteiger charge is 2.37. The highest BCUT2D eigenvalue weighted by Crippen LogP contribution is 2.23. The predicted octanol–water partition coefficient (Wildman–Crippen LogP) is 1.67. The summed E-state index contributed by atoms with van der Waals surface area (Å²) in [5.41, 5.74) is -0.260. The Morgan fingerprint density at radius 3 is 2.74 bits per heavy atom. The van der Waals surface area contributed by atoms with Crippen molar-refractivity contribution in [2.75, 3.05) is 24.6 Å². The van der Waals surface area contributed by atoms with Gasteiger partial charge in [0.25, 0.3) is 0 Å². The lowest BCUT2D eigenvalue weighted by Gasteiger charge is -2.32. The topological polar surface area (TPSA) is 49.4 Å². The normalized spacial score (nSPS) is 21.0. The summed E-state index contributed by atoms with van der Waals surface area (Å²) < 4.78 is 0. The molecule has 0 aromatic rings. The van der Waals surface area contributed by atoms with E-state index in [-0.39, 0.29) is 17.2 Å². The van der Waals surface area contributed by atoms with Crippen LogP contribution in [0.2, 0.25) is 0 Å². The number of thioether (sulfide) groups is 1. The van der Waals surface area contributed by atoms with Gasteiger partial charge in [-0.3, -0.25) is 9.59 Å². The van der Waals surface area contributed by atoms with Gasteiger partial charge in [0.2, 0.25) is 11.8 Å². The van der Waals surface area contributed by atoms with Crippen molar-refractivity contribution in [2.45, 2.75) is 33.2 Å². The van der Waals surface area contributed by atoms with E-state index < -0.39 is 6.04 Å². The Hall–Kier alpha value is -0.970. The Morgan fingerprint density at radius 1 is 1.47 bits per heavy atom. The minimum Gasteiger partial charge on any atom is -0.344 e. The minimum atomic E-state index is -0.424. The fourth-order valence-corrected chi connectivity index (χ4v) is 2.66. The molecule has 1 rings (SSSR count). The van der Waals surface area contributed by atoms with Crippen LogP contribution in [0.3, 0.4) is 0 Å². The summed E-state index contributed by atoms with van der Waals surface area (Å²) in [6.45, 7) is 10.8. The highest BCUT2D eigenvalue weighted by molar-refractivity contribution is 7.99. The van der Waals surface area contributed by atoms with Crippen molar-refractivity contribution in [2.24, 2.45) is 5.41 Å². The molecule has 1 saturated heterocycles. The molecule has 2 amide bonds. The maximum absolute atomic E-state index is 12.5. The Balaban J connectivity index is 2.67. The fourth-order valence-electron chi connectivity index (χ4n) is 1.97. The summed E-state index contributed by atoms with van der Waals surface area (Å²) in [5, 5.41) is 2.85. The van der Waals surface area contributed by atoms with E-state index in [0.717, 1.165) is 11.5 Å². The molecule has 1 aliphatic heterocycles. The summed E-state index contributed by atoms with van der Waals surface area (Å²) in [4.78, 5) is 26.0. The standard InChI is InChI=1S/C14H24N2O2S/c1-5-9-19-10-8-16-7-6-11(17)15-12(13(16)18)14(2,3)4/h5,12H,1,6-10H2,2-4H3,(H,15,17). The summed E-state index contributed by atoms with van der Waals surface area (Å²) >= 11 is 1.75. The van der Waals surface area contributed by atoms with Gasteiger partial charge >= 0.3 is 0 Å². The van der Waals surface area contributed by atoms with Crippen molar-refractivity contribution >= 4 is 23.6 Å². The molecule has 0 spiro atoms. The number of nitrogens with zero attached hydrogens (tertiary/aromatic N) is 1. The Morgan fingerprint density at radius 2 is 2.16 bits per heavy atom. The molecule has 0 aromatic heterocycles. The van der Waals surface area contributed by atoms with E-state index in [2.05, 4.69) is 11.9 Å². The van der Waals surface area contributed by atoms with E-state index in [1.807, 2.05) is 31.7 Å². The van der Waals surface area contributed by atoms with Crippen molar-refractivity contribution < 1.29 is 9.59 Å². The van der Waals surface area contributed by atoms with Crippen LogP contribution in [0.4, 0.5) is 0 Å². The van der Waals surface area contributed by atoms with Gasteiger partial charge in [-0.05, 0) is 5.41 Å². The molecule has 19 heavy (non-hydrogen) atoms. The molecule has 1 aliphatic rings. The molecule has 1 atom stereocenters. The second kappa shape index (κ2) is 6.98. The summed E-state index contributed by atoms with van der Waals surface area (Å²) in [6, 6.07) is -0.424. The number of rotatable bonds is 5. The number of nitrogens with one attached hydrogen (secondary N) is 1. The molecule has 1 fully saturated rings. The largest absolute Gasteiger partial charge is 0.344 e. The summed E-state index contributed by atoms with van der Waals surface area (Å²) in [5.74, 6) is 1.78. The van der Waals surface area contributed by atoms with Gasteiger partial charge in [-0.1, -0.05) is 26.8 Å². The smallest absolute Gasteiger partial charge is 0.245 e. The summed E-state index contributed by atoms with van der Waals surface area (Å²) in [6.07, 6.45) is 2.25. The molecular weight excluding hydrogens is 260 g/mol. The second-order valence-electron chi connectivity index (χ2n) is 5.81. The second-order valence-corrected chi connectivity index (χ2v) is 6.96. The van der Waals surface area contributed by atoms with Crippen LogP contribution in [0.1, 0.15) is 27.2 Å². The molecule has 0 bridgehead atoms. The molecule has 0 aromatic carbocycles. The van der Waals surface area contributed by atoms with Crippen LogP contribution in [-0.2, 0) is 9.59 Å². The van der Waals surface area contributed by atoms with E-state index in [9.17, 15) is 9.59 Å². The molecule has 5 heteroatoms. The van der Waals surface area contributed by atoms with E-state index in [0.29, 0.717) is 19.5 Å². The first-order valence-electron chi connectivity index (χ1n) is 6.63. The molecular formula is C14H24N2O2S. The van der Waals surface area contributed by atoms with Crippen LogP contribution in [-0.4, -0.2) is 47.4 Å². The molecule has 1 unspecified atom stereocenters. The molecule has 4 nitrogen and oxygen atoms in total. The van der Waals surface area contributed by atoms with Gasteiger partial charge in [-0.15, -0.1) is 6.58 Å². The van der Waals surface area contributed by atoms with Gasteiger partial charge in [0, 0.05) is 31.0 Å². The van der Waals surface area contributed by atoms with Gasteiger partial charge in [-0.2, -0.15) is 11.8 Å². The quantitative estimate of drug-likeness (QED) is 0.617. The number of amides is 2. The number of hydrogen-bond acceptors (Lipinski definition) is 3. The molecule has 1 N–H and O–H groups in total. The number of carbonyl (C=O) groups is 2. The maximum atomic E-state index is 12.5. The number of carbonyl (C=O) groups excluding carboxylic acids is 2. The fraction of sp³-hybridized carbons (Fsp3) is 0.714. The summed E-state index contributed by atoms with van der Waals surface area (Å²) in [7, 11) is 0. The van der Waals surface area contributed by atoms with Crippen molar-refractivity contribution in [3.8, 4) is 0 Å². The third-order valence-electron chi connectivity index (χ3n) is 3.08. The molecule has 0 aliphatic carbocycles. The van der Waals surface area contributed by atoms with Crippen molar-refractivity contribution in [3.63, 3.8) is 0 Å². The Labute approximate surface area is 120 Å². The Bertz CT molecular complexity index is 350. The van der Waals surface area contributed by atoms with Crippen molar-refractivity contribution in [1.29, 1.82) is 0 Å². The maximum Gasteiger partial charge on any atom is 0.245 e. The minimum absolute atomic E-state index is 0.0329. The first-order valence-corrected chi connectivity index (χ1v) is 7.78. The third kappa shape index (κ3) is 4.90. The van der Waals surface area contributed by atoms with Crippen LogP contribution in [0, 0.1) is 5.41 Å². The van der Waals surface area contributed by atoms with E-state index in [1.165, 1.54) is 0 Å². The monoisotopic (exact) mass is 284 g/mol. The van der Waals surface area contributed by atoms with Gasteiger partial charge < -0.3 is 10.2 Å². The molecule has 0 radical (unpaired) electrons. The van der Waals surface area contributed by atoms with Crippen LogP contribution >= 0.6 is 11.8 Å². The highest BCUT2D eigenvalue weighted by atomic mass is 32.2. The number of hydrogen-bond donors (Lipinski definition) is 1. The van der Waals surface area contributed by atoms with Crippen molar-refractivity contribution in [3.05, 3.63) is 12.7 Å². The van der Waals surface area contributed by atoms with Crippen LogP contribution in [0.15, 0.2) is 12.7 Å². The molecule has 0 saturated carbocycles.